The molecule has 0 spiro atoms. The van der Waals surface area contributed by atoms with Gasteiger partial charge in [0.05, 0.1) is 5.57 Å². The van der Waals surface area contributed by atoms with Gasteiger partial charge in [0, 0.05) is 17.7 Å². The van der Waals surface area contributed by atoms with Crippen LogP contribution in [-0.4, -0.2) is 16.6 Å². The highest BCUT2D eigenvalue weighted by molar-refractivity contribution is 7.99. The number of ketones is 1. The highest BCUT2D eigenvalue weighted by Crippen LogP contribution is 2.38. The van der Waals surface area contributed by atoms with Gasteiger partial charge in [-0.2, -0.15) is 0 Å². The Morgan fingerprint density at radius 3 is 2.17 bits per heavy atom. The van der Waals surface area contributed by atoms with Gasteiger partial charge >= 0.3 is 0 Å². The van der Waals surface area contributed by atoms with Crippen molar-refractivity contribution in [3.05, 3.63) is 70.0 Å². The fraction of sp³-hybridized carbons (Fsp3) is 0.444. The number of carbonyl (C=O) groups is 1. The average Bonchev–Trinajstić information content (AvgIpc) is 2.72. The number of carbonyl (C=O) groups excluding carboxylic acids is 1. The first-order chi connectivity index (χ1) is 14.4. The third kappa shape index (κ3) is 5.37. The Balaban J connectivity index is 1.67. The van der Waals surface area contributed by atoms with Crippen LogP contribution in [0.15, 0.2) is 47.1 Å². The maximum Gasteiger partial charge on any atom is 0.167 e. The molecule has 0 heterocycles. The molecule has 2 aromatic rings. The van der Waals surface area contributed by atoms with Gasteiger partial charge in [-0.3, -0.25) is 4.79 Å². The number of aliphatic hydroxyl groups excluding tert-OH is 1. The summed E-state index contributed by atoms with van der Waals surface area (Å²) >= 11 is 1.87. The molecule has 30 heavy (non-hydrogen) atoms. The van der Waals surface area contributed by atoms with E-state index in [1.165, 1.54) is 27.1 Å². The van der Waals surface area contributed by atoms with E-state index in [1.807, 2.05) is 11.8 Å². The molecular formula is C27H34O2S. The lowest BCUT2D eigenvalue weighted by atomic mass is 9.79. The number of hydrogen-bond donors (Lipinski definition) is 1. The van der Waals surface area contributed by atoms with Gasteiger partial charge in [-0.05, 0) is 80.0 Å². The zero-order chi connectivity index (χ0) is 21.7. The van der Waals surface area contributed by atoms with E-state index >= 15 is 0 Å². The van der Waals surface area contributed by atoms with Crippen LogP contribution in [0, 0.1) is 19.8 Å². The molecule has 3 heteroatoms. The van der Waals surface area contributed by atoms with Crippen molar-refractivity contribution in [1.82, 2.24) is 0 Å². The van der Waals surface area contributed by atoms with E-state index in [-0.39, 0.29) is 11.7 Å². The number of benzene rings is 2. The number of aryl methyl sites for hydroxylation is 4. The van der Waals surface area contributed by atoms with Crippen LogP contribution in [-0.2, 0) is 17.6 Å². The van der Waals surface area contributed by atoms with Crippen LogP contribution in [0.1, 0.15) is 67.3 Å². The van der Waals surface area contributed by atoms with Gasteiger partial charge < -0.3 is 5.11 Å². The molecule has 2 aromatic carbocycles. The Morgan fingerprint density at radius 1 is 0.967 bits per heavy atom. The van der Waals surface area contributed by atoms with E-state index in [1.54, 1.807) is 0 Å². The summed E-state index contributed by atoms with van der Waals surface area (Å²) in [5.41, 5.74) is 6.45. The summed E-state index contributed by atoms with van der Waals surface area (Å²) in [6, 6.07) is 13.0. The summed E-state index contributed by atoms with van der Waals surface area (Å²) in [7, 11) is 0. The second-order valence-electron chi connectivity index (χ2n) is 8.49. The minimum atomic E-state index is 0.114. The molecule has 0 saturated heterocycles. The van der Waals surface area contributed by atoms with Gasteiger partial charge in [-0.15, -0.1) is 11.8 Å². The van der Waals surface area contributed by atoms with Gasteiger partial charge in [-0.1, -0.05) is 49.2 Å². The summed E-state index contributed by atoms with van der Waals surface area (Å²) in [5.74, 6) is 1.71. The Kier molecular flexibility index (Phi) is 7.82. The predicted molar refractivity (Wildman–Crippen MR) is 128 cm³/mol. The molecule has 160 valence electrons. The van der Waals surface area contributed by atoms with Crippen LogP contribution in [0.25, 0.3) is 5.57 Å². The number of hydrogen-bond acceptors (Lipinski definition) is 3. The number of Topliss-reactive ketones (excluding diaryl/α,β-unsaturated/α-hetero) is 1. The molecule has 0 aromatic heterocycles. The van der Waals surface area contributed by atoms with Crippen molar-refractivity contribution in [1.29, 1.82) is 0 Å². The first kappa shape index (κ1) is 22.7. The molecule has 0 amide bonds. The highest BCUT2D eigenvalue weighted by atomic mass is 32.2. The number of allylic oxidation sites excluding steroid dienone is 2. The quantitative estimate of drug-likeness (QED) is 0.359. The van der Waals surface area contributed by atoms with Gasteiger partial charge in [-0.25, -0.2) is 0 Å². The van der Waals surface area contributed by atoms with Gasteiger partial charge in [0.25, 0.3) is 0 Å². The second-order valence-corrected chi connectivity index (χ2v) is 9.66. The lowest BCUT2D eigenvalue weighted by molar-refractivity contribution is -0.115. The van der Waals surface area contributed by atoms with E-state index in [0.29, 0.717) is 24.2 Å². The topological polar surface area (TPSA) is 37.3 Å². The minimum Gasteiger partial charge on any atom is -0.512 e. The van der Waals surface area contributed by atoms with Gasteiger partial charge in [0.1, 0.15) is 5.76 Å². The summed E-state index contributed by atoms with van der Waals surface area (Å²) in [6.45, 7) is 8.45. The third-order valence-electron chi connectivity index (χ3n) is 6.03. The van der Waals surface area contributed by atoms with Crippen molar-refractivity contribution in [2.75, 3.05) is 5.75 Å². The number of thioether (sulfide) groups is 1. The van der Waals surface area contributed by atoms with Crippen LogP contribution in [0.5, 0.6) is 0 Å². The molecule has 0 saturated carbocycles. The molecule has 1 unspecified atom stereocenters. The number of aliphatic hydroxyl groups is 1. The van der Waals surface area contributed by atoms with Crippen molar-refractivity contribution >= 4 is 23.1 Å². The van der Waals surface area contributed by atoms with Crippen LogP contribution in [0.4, 0.5) is 0 Å². The first-order valence-corrected chi connectivity index (χ1v) is 12.2. The van der Waals surface area contributed by atoms with Gasteiger partial charge in [0.2, 0.25) is 0 Å². The molecule has 2 nitrogen and oxygen atoms in total. The monoisotopic (exact) mass is 422 g/mol. The smallest absolute Gasteiger partial charge is 0.167 e. The predicted octanol–water partition coefficient (Wildman–Crippen LogP) is 7.25. The minimum absolute atomic E-state index is 0.114. The largest absolute Gasteiger partial charge is 0.512 e. The Hall–Kier alpha value is -2.00. The zero-order valence-electron chi connectivity index (χ0n) is 18.8. The molecule has 0 fully saturated rings. The van der Waals surface area contributed by atoms with Crippen molar-refractivity contribution in [2.45, 2.75) is 71.1 Å². The van der Waals surface area contributed by atoms with E-state index < -0.39 is 0 Å². The van der Waals surface area contributed by atoms with Gasteiger partial charge in [0.15, 0.2) is 5.78 Å². The van der Waals surface area contributed by atoms with Crippen molar-refractivity contribution in [3.8, 4) is 0 Å². The molecule has 1 aliphatic rings. The second kappa shape index (κ2) is 10.3. The van der Waals surface area contributed by atoms with E-state index in [2.05, 4.69) is 64.1 Å². The SMILES string of the molecule is CCc1cc(C)cc(CC)c1C1=C(O)CC(CCCSc2ccc(C)cc2)CC1=O. The molecule has 1 N–H and O–H groups in total. The normalized spacial score (nSPS) is 16.9. The molecule has 3 rings (SSSR count). The van der Waals surface area contributed by atoms with E-state index in [9.17, 15) is 9.90 Å². The molecule has 0 bridgehead atoms. The summed E-state index contributed by atoms with van der Waals surface area (Å²) in [4.78, 5) is 14.4. The fourth-order valence-corrected chi connectivity index (χ4v) is 5.35. The summed E-state index contributed by atoms with van der Waals surface area (Å²) in [5, 5.41) is 10.9. The Bertz CT molecular complexity index is 899. The maximum absolute atomic E-state index is 13.1. The fourth-order valence-electron chi connectivity index (χ4n) is 4.48. The van der Waals surface area contributed by atoms with Crippen LogP contribution >= 0.6 is 11.8 Å². The maximum atomic E-state index is 13.1. The molecule has 0 aliphatic heterocycles. The number of rotatable bonds is 8. The average molecular weight is 423 g/mol. The lowest BCUT2D eigenvalue weighted by Crippen LogP contribution is -2.20. The van der Waals surface area contributed by atoms with Crippen LogP contribution < -0.4 is 0 Å². The molecule has 0 radical (unpaired) electrons. The standard InChI is InChI=1S/C27H34O2S/c1-5-21-14-19(4)15-22(6-2)26(21)27-24(28)16-20(17-25(27)29)8-7-13-30-23-11-9-18(3)10-12-23/h9-12,14-15,20,28H,5-8,13,16-17H2,1-4H3. The summed E-state index contributed by atoms with van der Waals surface area (Å²) in [6.07, 6.45) is 4.95. The summed E-state index contributed by atoms with van der Waals surface area (Å²) < 4.78 is 0. The van der Waals surface area contributed by atoms with Crippen molar-refractivity contribution < 1.29 is 9.90 Å². The van der Waals surface area contributed by atoms with E-state index in [0.717, 1.165) is 37.0 Å². The zero-order valence-corrected chi connectivity index (χ0v) is 19.6. The molecule has 1 atom stereocenters. The molecular weight excluding hydrogens is 388 g/mol. The first-order valence-electron chi connectivity index (χ1n) is 11.2. The third-order valence-corrected chi connectivity index (χ3v) is 7.13. The Labute approximate surface area is 185 Å². The molecule has 1 aliphatic carbocycles. The van der Waals surface area contributed by atoms with Crippen molar-refractivity contribution in [3.63, 3.8) is 0 Å². The van der Waals surface area contributed by atoms with Crippen LogP contribution in [0.3, 0.4) is 0 Å². The van der Waals surface area contributed by atoms with Crippen molar-refractivity contribution in [2.24, 2.45) is 5.92 Å². The lowest BCUT2D eigenvalue weighted by Gasteiger charge is -2.26. The van der Waals surface area contributed by atoms with E-state index in [4.69, 9.17) is 0 Å². The van der Waals surface area contributed by atoms with Crippen LogP contribution in [0.2, 0.25) is 0 Å². The highest BCUT2D eigenvalue weighted by Gasteiger charge is 2.30. The Morgan fingerprint density at radius 2 is 1.60 bits per heavy atom.